The molecule has 0 saturated heterocycles. The predicted octanol–water partition coefficient (Wildman–Crippen LogP) is 4.66. The molecule has 0 aliphatic heterocycles. The van der Waals surface area contributed by atoms with E-state index in [2.05, 4.69) is 72.0 Å². The summed E-state index contributed by atoms with van der Waals surface area (Å²) >= 11 is 0. The lowest BCUT2D eigenvalue weighted by molar-refractivity contribution is 0.650. The fraction of sp³-hybridized carbons (Fsp3) is 0.182. The van der Waals surface area contributed by atoms with E-state index >= 15 is 0 Å². The molecule has 3 aromatic carbocycles. The van der Waals surface area contributed by atoms with E-state index in [4.69, 9.17) is 5.73 Å². The van der Waals surface area contributed by atoms with E-state index in [0.717, 1.165) is 31.6 Å². The van der Waals surface area contributed by atoms with Gasteiger partial charge in [-0.2, -0.15) is 0 Å². The van der Waals surface area contributed by atoms with Crippen LogP contribution >= 0.6 is 0 Å². The number of anilines is 1. The molecule has 0 heterocycles. The lowest BCUT2D eigenvalue weighted by Gasteiger charge is -2.11. The maximum atomic E-state index is 5.82. The molecular weight excluding hydrogens is 292 g/mol. The van der Waals surface area contributed by atoms with Crippen molar-refractivity contribution in [2.75, 3.05) is 12.3 Å². The molecule has 0 radical (unpaired) electrons. The Kier molecular flexibility index (Phi) is 5.65. The molecule has 0 aliphatic rings. The van der Waals surface area contributed by atoms with Gasteiger partial charge in [0.15, 0.2) is 0 Å². The van der Waals surface area contributed by atoms with Gasteiger partial charge in [-0.25, -0.2) is 0 Å². The third kappa shape index (κ3) is 4.46. The summed E-state index contributed by atoms with van der Waals surface area (Å²) in [5.41, 5.74) is 11.9. The summed E-state index contributed by atoms with van der Waals surface area (Å²) in [4.78, 5) is 0. The van der Waals surface area contributed by atoms with Crippen molar-refractivity contribution in [2.45, 2.75) is 19.4 Å². The van der Waals surface area contributed by atoms with E-state index in [-0.39, 0.29) is 0 Å². The van der Waals surface area contributed by atoms with Crippen LogP contribution in [-0.2, 0) is 13.0 Å². The summed E-state index contributed by atoms with van der Waals surface area (Å²) in [7, 11) is 0. The second kappa shape index (κ2) is 8.32. The minimum atomic E-state index is 0.845. The van der Waals surface area contributed by atoms with Crippen LogP contribution in [0.3, 0.4) is 0 Å². The highest BCUT2D eigenvalue weighted by Gasteiger charge is 2.03. The fourth-order valence-electron chi connectivity index (χ4n) is 2.96. The molecule has 2 heteroatoms. The predicted molar refractivity (Wildman–Crippen MR) is 103 cm³/mol. The average Bonchev–Trinajstić information content (AvgIpc) is 2.63. The van der Waals surface area contributed by atoms with Crippen LogP contribution in [0.2, 0.25) is 0 Å². The zero-order chi connectivity index (χ0) is 16.6. The number of nitrogen functional groups attached to an aromatic ring is 1. The first-order chi connectivity index (χ1) is 11.8. The summed E-state index contributed by atoms with van der Waals surface area (Å²) < 4.78 is 0. The first-order valence-corrected chi connectivity index (χ1v) is 8.51. The summed E-state index contributed by atoms with van der Waals surface area (Å²) in [6.45, 7) is 1.89. The molecule has 0 aromatic heterocycles. The van der Waals surface area contributed by atoms with Crippen molar-refractivity contribution >= 4 is 5.69 Å². The molecule has 0 amide bonds. The van der Waals surface area contributed by atoms with Crippen LogP contribution in [0, 0.1) is 0 Å². The third-order valence-corrected chi connectivity index (χ3v) is 4.19. The number of rotatable bonds is 7. The van der Waals surface area contributed by atoms with Gasteiger partial charge in [-0.15, -0.1) is 0 Å². The number of nitrogens with one attached hydrogen (secondary N) is 1. The zero-order valence-corrected chi connectivity index (χ0v) is 13.9. The highest BCUT2D eigenvalue weighted by atomic mass is 14.8. The number of aryl methyl sites for hydroxylation is 1. The molecule has 3 N–H and O–H groups in total. The molecule has 24 heavy (non-hydrogen) atoms. The Morgan fingerprint density at radius 3 is 2.42 bits per heavy atom. The lowest BCUT2D eigenvalue weighted by atomic mass is 10.00. The van der Waals surface area contributed by atoms with Gasteiger partial charge in [0.1, 0.15) is 0 Å². The van der Waals surface area contributed by atoms with E-state index < -0.39 is 0 Å². The highest BCUT2D eigenvalue weighted by molar-refractivity contribution is 5.67. The van der Waals surface area contributed by atoms with Gasteiger partial charge >= 0.3 is 0 Å². The van der Waals surface area contributed by atoms with Gasteiger partial charge in [0.25, 0.3) is 0 Å². The summed E-state index contributed by atoms with van der Waals surface area (Å²) in [5.74, 6) is 0. The first-order valence-electron chi connectivity index (χ1n) is 8.51. The maximum Gasteiger partial charge on any atom is 0.0316 e. The van der Waals surface area contributed by atoms with Crippen molar-refractivity contribution in [3.63, 3.8) is 0 Å². The van der Waals surface area contributed by atoms with E-state index in [1.54, 1.807) is 0 Å². The van der Waals surface area contributed by atoms with Gasteiger partial charge in [0.05, 0.1) is 0 Å². The molecule has 3 rings (SSSR count). The molecular formula is C22H24N2. The van der Waals surface area contributed by atoms with Gasteiger partial charge in [-0.05, 0) is 53.8 Å². The number of hydrogen-bond acceptors (Lipinski definition) is 2. The minimum Gasteiger partial charge on any atom is -0.399 e. The lowest BCUT2D eigenvalue weighted by Crippen LogP contribution is -2.16. The van der Waals surface area contributed by atoms with Gasteiger partial charge in [0.2, 0.25) is 0 Å². The Morgan fingerprint density at radius 2 is 1.58 bits per heavy atom. The Hall–Kier alpha value is -2.58. The number of benzene rings is 3. The molecule has 3 aromatic rings. The summed E-state index contributed by atoms with van der Waals surface area (Å²) in [5, 5.41) is 3.57. The molecule has 0 bridgehead atoms. The maximum absolute atomic E-state index is 5.82. The Morgan fingerprint density at radius 1 is 0.792 bits per heavy atom. The standard InChI is InChI=1S/C22H24N2/c23-21-13-6-8-18(16-21)9-7-15-24-17-20-12-4-5-14-22(20)19-10-2-1-3-11-19/h1-6,8,10-14,16,24H,7,9,15,17,23H2. The van der Waals surface area contributed by atoms with Crippen molar-refractivity contribution in [3.8, 4) is 11.1 Å². The largest absolute Gasteiger partial charge is 0.399 e. The molecule has 0 saturated carbocycles. The molecule has 0 unspecified atom stereocenters. The van der Waals surface area contributed by atoms with E-state index in [0.29, 0.717) is 0 Å². The molecule has 122 valence electrons. The van der Waals surface area contributed by atoms with Crippen LogP contribution in [0.1, 0.15) is 17.5 Å². The van der Waals surface area contributed by atoms with Crippen molar-refractivity contribution in [2.24, 2.45) is 0 Å². The van der Waals surface area contributed by atoms with E-state index in [1.807, 2.05) is 12.1 Å². The van der Waals surface area contributed by atoms with Crippen molar-refractivity contribution < 1.29 is 0 Å². The Labute approximate surface area is 144 Å². The highest BCUT2D eigenvalue weighted by Crippen LogP contribution is 2.23. The molecule has 0 aliphatic carbocycles. The van der Waals surface area contributed by atoms with Crippen LogP contribution < -0.4 is 11.1 Å². The Balaban J connectivity index is 1.52. The Bertz CT molecular complexity index is 766. The van der Waals surface area contributed by atoms with Crippen LogP contribution in [0.4, 0.5) is 5.69 Å². The third-order valence-electron chi connectivity index (χ3n) is 4.19. The fourth-order valence-corrected chi connectivity index (χ4v) is 2.96. The van der Waals surface area contributed by atoms with Crippen molar-refractivity contribution in [1.82, 2.24) is 5.32 Å². The van der Waals surface area contributed by atoms with Crippen molar-refractivity contribution in [3.05, 3.63) is 90.0 Å². The number of hydrogen-bond donors (Lipinski definition) is 2. The molecule has 0 fully saturated rings. The van der Waals surface area contributed by atoms with Crippen LogP contribution in [0.15, 0.2) is 78.9 Å². The minimum absolute atomic E-state index is 0.845. The van der Waals surface area contributed by atoms with E-state index in [1.165, 1.54) is 22.3 Å². The second-order valence-corrected chi connectivity index (χ2v) is 6.05. The summed E-state index contributed by atoms with van der Waals surface area (Å²) in [6, 6.07) is 27.3. The molecule has 0 spiro atoms. The average molecular weight is 316 g/mol. The van der Waals surface area contributed by atoms with Gasteiger partial charge < -0.3 is 11.1 Å². The second-order valence-electron chi connectivity index (χ2n) is 6.05. The molecule has 0 atom stereocenters. The van der Waals surface area contributed by atoms with E-state index in [9.17, 15) is 0 Å². The van der Waals surface area contributed by atoms with Gasteiger partial charge in [0, 0.05) is 12.2 Å². The quantitative estimate of drug-likeness (QED) is 0.491. The smallest absolute Gasteiger partial charge is 0.0316 e. The monoisotopic (exact) mass is 316 g/mol. The SMILES string of the molecule is Nc1cccc(CCCNCc2ccccc2-c2ccccc2)c1. The van der Waals surface area contributed by atoms with Crippen LogP contribution in [0.5, 0.6) is 0 Å². The van der Waals surface area contributed by atoms with Crippen molar-refractivity contribution in [1.29, 1.82) is 0 Å². The van der Waals surface area contributed by atoms with Gasteiger partial charge in [-0.3, -0.25) is 0 Å². The van der Waals surface area contributed by atoms with Crippen LogP contribution in [0.25, 0.3) is 11.1 Å². The summed E-state index contributed by atoms with van der Waals surface area (Å²) in [6.07, 6.45) is 2.16. The normalized spacial score (nSPS) is 10.7. The first kappa shape index (κ1) is 16.3. The molecule has 2 nitrogen and oxygen atoms in total. The zero-order valence-electron chi connectivity index (χ0n) is 13.9. The topological polar surface area (TPSA) is 38.0 Å². The number of nitrogens with two attached hydrogens (primary N) is 1. The van der Waals surface area contributed by atoms with Crippen LogP contribution in [-0.4, -0.2) is 6.54 Å². The van der Waals surface area contributed by atoms with Gasteiger partial charge in [-0.1, -0.05) is 66.7 Å².